The lowest BCUT2D eigenvalue weighted by molar-refractivity contribution is 0.0483. The average molecular weight is 434 g/mol. The minimum Gasteiger partial charge on any atom is -0.461 e. The molecular weight excluding hydrogens is 390 g/mol. The van der Waals surface area contributed by atoms with Crippen molar-refractivity contribution in [3.8, 4) is 0 Å². The third-order valence-electron chi connectivity index (χ3n) is 5.38. The Kier molecular flexibility index (Phi) is 16.5. The molecule has 176 valence electrons. The van der Waals surface area contributed by atoms with Gasteiger partial charge in [-0.25, -0.2) is 14.6 Å². The summed E-state index contributed by atoms with van der Waals surface area (Å²) in [6, 6.07) is 4.75. The van der Waals surface area contributed by atoms with Crippen LogP contribution in [-0.2, 0) is 9.47 Å². The van der Waals surface area contributed by atoms with Crippen molar-refractivity contribution in [3.05, 3.63) is 29.6 Å². The van der Waals surface area contributed by atoms with E-state index in [0.717, 1.165) is 25.7 Å². The van der Waals surface area contributed by atoms with Gasteiger partial charge in [0.1, 0.15) is 11.4 Å². The van der Waals surface area contributed by atoms with Crippen molar-refractivity contribution in [2.75, 3.05) is 13.2 Å². The molecule has 31 heavy (non-hydrogen) atoms. The van der Waals surface area contributed by atoms with E-state index in [0.29, 0.717) is 13.2 Å². The molecule has 1 aromatic rings. The maximum Gasteiger partial charge on any atom is 0.356 e. The first-order valence-corrected chi connectivity index (χ1v) is 12.5. The quantitative estimate of drug-likeness (QED) is 0.169. The van der Waals surface area contributed by atoms with Gasteiger partial charge in [-0.3, -0.25) is 0 Å². The molecule has 1 aromatic heterocycles. The van der Waals surface area contributed by atoms with E-state index in [1.54, 1.807) is 18.2 Å². The molecule has 0 saturated heterocycles. The zero-order valence-electron chi connectivity index (χ0n) is 19.8. The molecule has 0 bridgehead atoms. The number of carbonyl (C=O) groups is 2. The SMILES string of the molecule is CCCCCCCCCCCCCCCOC(=O)c1cccc(C(=O)OCCCC)n1. The number of ether oxygens (including phenoxy) is 2. The fraction of sp³-hybridized carbons (Fsp3) is 0.731. The van der Waals surface area contributed by atoms with Crippen molar-refractivity contribution in [1.29, 1.82) is 0 Å². The van der Waals surface area contributed by atoms with Crippen molar-refractivity contribution in [1.82, 2.24) is 4.98 Å². The zero-order chi connectivity index (χ0) is 22.6. The molecule has 5 nitrogen and oxygen atoms in total. The fourth-order valence-electron chi connectivity index (χ4n) is 3.40. The summed E-state index contributed by atoms with van der Waals surface area (Å²) in [7, 11) is 0. The number of nitrogens with zero attached hydrogens (tertiary/aromatic N) is 1. The number of rotatable bonds is 19. The number of carbonyl (C=O) groups excluding carboxylic acids is 2. The van der Waals surface area contributed by atoms with Crippen LogP contribution in [0.2, 0.25) is 0 Å². The number of esters is 2. The van der Waals surface area contributed by atoms with Crippen LogP contribution in [0.3, 0.4) is 0 Å². The predicted molar refractivity (Wildman–Crippen MR) is 125 cm³/mol. The van der Waals surface area contributed by atoms with Crippen molar-refractivity contribution >= 4 is 11.9 Å². The van der Waals surface area contributed by atoms with Crippen LogP contribution in [0, 0.1) is 0 Å². The largest absolute Gasteiger partial charge is 0.461 e. The lowest BCUT2D eigenvalue weighted by Crippen LogP contribution is -2.13. The van der Waals surface area contributed by atoms with Gasteiger partial charge in [-0.1, -0.05) is 103 Å². The lowest BCUT2D eigenvalue weighted by atomic mass is 10.0. The molecule has 0 atom stereocenters. The second-order valence-corrected chi connectivity index (χ2v) is 8.28. The summed E-state index contributed by atoms with van der Waals surface area (Å²) in [5.41, 5.74) is 0.297. The number of unbranched alkanes of at least 4 members (excludes halogenated alkanes) is 13. The molecule has 0 unspecified atom stereocenters. The van der Waals surface area contributed by atoms with E-state index < -0.39 is 11.9 Å². The number of aromatic nitrogens is 1. The van der Waals surface area contributed by atoms with Gasteiger partial charge >= 0.3 is 11.9 Å². The Labute approximate surface area is 189 Å². The topological polar surface area (TPSA) is 65.5 Å². The summed E-state index contributed by atoms with van der Waals surface area (Å²) in [6.07, 6.45) is 18.4. The zero-order valence-corrected chi connectivity index (χ0v) is 19.8. The van der Waals surface area contributed by atoms with Crippen molar-refractivity contribution < 1.29 is 19.1 Å². The van der Waals surface area contributed by atoms with Crippen LogP contribution < -0.4 is 0 Å². The Morgan fingerprint density at radius 2 is 1.00 bits per heavy atom. The van der Waals surface area contributed by atoms with Crippen molar-refractivity contribution in [2.24, 2.45) is 0 Å². The molecule has 1 rings (SSSR count). The predicted octanol–water partition coefficient (Wildman–Crippen LogP) is 7.29. The first-order valence-electron chi connectivity index (χ1n) is 12.5. The Hall–Kier alpha value is -1.91. The highest BCUT2D eigenvalue weighted by Gasteiger charge is 2.14. The first-order chi connectivity index (χ1) is 15.2. The van der Waals surface area contributed by atoms with Crippen LogP contribution >= 0.6 is 0 Å². The molecule has 0 radical (unpaired) electrons. The second-order valence-electron chi connectivity index (χ2n) is 8.28. The highest BCUT2D eigenvalue weighted by molar-refractivity contribution is 5.91. The van der Waals surface area contributed by atoms with Crippen LogP contribution in [0.1, 0.15) is 131 Å². The Bertz CT molecular complexity index is 603. The van der Waals surface area contributed by atoms with E-state index in [1.807, 2.05) is 6.92 Å². The van der Waals surface area contributed by atoms with Gasteiger partial charge in [-0.05, 0) is 25.0 Å². The van der Waals surface area contributed by atoms with Crippen LogP contribution in [0.4, 0.5) is 0 Å². The number of hydrogen-bond acceptors (Lipinski definition) is 5. The van der Waals surface area contributed by atoms with E-state index in [4.69, 9.17) is 9.47 Å². The fourth-order valence-corrected chi connectivity index (χ4v) is 3.40. The number of pyridine rings is 1. The number of hydrogen-bond donors (Lipinski definition) is 0. The van der Waals surface area contributed by atoms with Crippen molar-refractivity contribution in [3.63, 3.8) is 0 Å². The van der Waals surface area contributed by atoms with E-state index in [9.17, 15) is 9.59 Å². The first kappa shape index (κ1) is 27.1. The highest BCUT2D eigenvalue weighted by Crippen LogP contribution is 2.12. The normalized spacial score (nSPS) is 10.8. The summed E-state index contributed by atoms with van der Waals surface area (Å²) in [4.78, 5) is 28.2. The maximum atomic E-state index is 12.2. The van der Waals surface area contributed by atoms with Gasteiger partial charge in [0.05, 0.1) is 13.2 Å². The molecule has 0 spiro atoms. The van der Waals surface area contributed by atoms with Gasteiger partial charge < -0.3 is 9.47 Å². The van der Waals surface area contributed by atoms with E-state index in [1.165, 1.54) is 70.6 Å². The minimum absolute atomic E-state index is 0.145. The molecule has 0 N–H and O–H groups in total. The third kappa shape index (κ3) is 13.9. The maximum absolute atomic E-state index is 12.2. The lowest BCUT2D eigenvalue weighted by Gasteiger charge is -2.07. The summed E-state index contributed by atoms with van der Waals surface area (Å²) in [5, 5.41) is 0. The molecule has 0 aliphatic carbocycles. The molecule has 0 amide bonds. The molecule has 0 aliphatic heterocycles. The monoisotopic (exact) mass is 433 g/mol. The van der Waals surface area contributed by atoms with Crippen LogP contribution in [0.25, 0.3) is 0 Å². The minimum atomic E-state index is -0.500. The molecular formula is C26H43NO4. The average Bonchev–Trinajstić information content (AvgIpc) is 2.79. The van der Waals surface area contributed by atoms with E-state index in [2.05, 4.69) is 11.9 Å². The van der Waals surface area contributed by atoms with Gasteiger partial charge in [0.15, 0.2) is 0 Å². The molecule has 5 heteroatoms. The Morgan fingerprint density at radius 1 is 0.613 bits per heavy atom. The molecule has 0 fully saturated rings. The van der Waals surface area contributed by atoms with Gasteiger partial charge in [-0.15, -0.1) is 0 Å². The van der Waals surface area contributed by atoms with Gasteiger partial charge in [0.25, 0.3) is 0 Å². The summed E-state index contributed by atoms with van der Waals surface area (Å²) < 4.78 is 10.4. The molecule has 0 aliphatic rings. The third-order valence-corrected chi connectivity index (χ3v) is 5.38. The Morgan fingerprint density at radius 3 is 1.45 bits per heavy atom. The van der Waals surface area contributed by atoms with Gasteiger partial charge in [0.2, 0.25) is 0 Å². The summed E-state index contributed by atoms with van der Waals surface area (Å²) in [6.45, 7) is 5.05. The second kappa shape index (κ2) is 18.8. The Balaban J connectivity index is 2.06. The molecule has 0 saturated carbocycles. The van der Waals surface area contributed by atoms with Crippen LogP contribution in [0.5, 0.6) is 0 Å². The van der Waals surface area contributed by atoms with Crippen LogP contribution in [-0.4, -0.2) is 30.1 Å². The molecule has 1 heterocycles. The standard InChI is InChI=1S/C26H43NO4/c1-3-5-7-8-9-10-11-12-13-14-15-16-17-22-31-26(29)24-20-18-19-23(27-24)25(28)30-21-6-4-2/h18-20H,3-17,21-22H2,1-2H3. The smallest absolute Gasteiger partial charge is 0.356 e. The van der Waals surface area contributed by atoms with E-state index in [-0.39, 0.29) is 11.4 Å². The summed E-state index contributed by atoms with van der Waals surface area (Å²) >= 11 is 0. The summed E-state index contributed by atoms with van der Waals surface area (Å²) in [5.74, 6) is -0.985. The van der Waals surface area contributed by atoms with E-state index >= 15 is 0 Å². The highest BCUT2D eigenvalue weighted by atomic mass is 16.5. The molecule has 0 aromatic carbocycles. The van der Waals surface area contributed by atoms with Crippen LogP contribution in [0.15, 0.2) is 18.2 Å². The van der Waals surface area contributed by atoms with Crippen molar-refractivity contribution in [2.45, 2.75) is 110 Å². The van der Waals surface area contributed by atoms with Gasteiger partial charge in [0, 0.05) is 0 Å². The van der Waals surface area contributed by atoms with Gasteiger partial charge in [-0.2, -0.15) is 0 Å².